The zero-order chi connectivity index (χ0) is 17.8. The Morgan fingerprint density at radius 3 is 2.72 bits per heavy atom. The number of phenolic OH excluding ortho intramolecular Hbond substituents is 2. The molecule has 132 valence electrons. The fourth-order valence-corrected chi connectivity index (χ4v) is 5.22. The highest BCUT2D eigenvalue weighted by atomic mass is 32.1. The molecule has 2 aliphatic rings. The summed E-state index contributed by atoms with van der Waals surface area (Å²) in [7, 11) is 0. The molecule has 1 spiro atoms. The van der Waals surface area contributed by atoms with Crippen LogP contribution in [0.5, 0.6) is 17.2 Å². The molecule has 1 aromatic heterocycles. The van der Waals surface area contributed by atoms with Crippen LogP contribution in [0.4, 0.5) is 0 Å². The first-order valence-electron chi connectivity index (χ1n) is 8.16. The maximum atomic E-state index is 10.4. The summed E-state index contributed by atoms with van der Waals surface area (Å²) in [5, 5.41) is 29.5. The average Bonchev–Trinajstić information content (AvgIpc) is 3.02. The van der Waals surface area contributed by atoms with Gasteiger partial charge in [0.2, 0.25) is 5.75 Å². The predicted octanol–water partition coefficient (Wildman–Crippen LogP) is 3.42. The highest BCUT2D eigenvalue weighted by Gasteiger charge is 2.49. The summed E-state index contributed by atoms with van der Waals surface area (Å²) in [6.45, 7) is 4.15. The second kappa shape index (κ2) is 5.51. The molecule has 0 radical (unpaired) electrons. The van der Waals surface area contributed by atoms with Crippen LogP contribution in [0.2, 0.25) is 0 Å². The first-order chi connectivity index (χ1) is 11.8. The minimum atomic E-state index is -0.737. The number of aromatic hydroxyl groups is 2. The molecular weight excluding hydrogens is 356 g/mol. The van der Waals surface area contributed by atoms with Crippen LogP contribution >= 0.6 is 23.6 Å². The van der Waals surface area contributed by atoms with Gasteiger partial charge in [-0.1, -0.05) is 12.1 Å². The molecule has 5 nitrogen and oxygen atoms in total. The molecule has 1 fully saturated rings. The Morgan fingerprint density at radius 2 is 2.04 bits per heavy atom. The topological polar surface area (TPSA) is 73.8 Å². The van der Waals surface area contributed by atoms with Crippen LogP contribution < -0.4 is 15.4 Å². The highest BCUT2D eigenvalue weighted by molar-refractivity contribution is 7.80. The van der Waals surface area contributed by atoms with E-state index in [2.05, 4.69) is 30.5 Å². The molecule has 1 aromatic carbocycles. The lowest BCUT2D eigenvalue weighted by atomic mass is 9.79. The molecule has 2 aliphatic heterocycles. The largest absolute Gasteiger partial charge is 0.504 e. The number of thiophene rings is 1. The molecule has 4 N–H and O–H groups in total. The van der Waals surface area contributed by atoms with Crippen LogP contribution in [0.1, 0.15) is 43.0 Å². The number of benzene rings is 1. The molecule has 0 amide bonds. The van der Waals surface area contributed by atoms with Gasteiger partial charge >= 0.3 is 0 Å². The summed E-state index contributed by atoms with van der Waals surface area (Å²) in [4.78, 5) is 1.19. The van der Waals surface area contributed by atoms with Crippen molar-refractivity contribution in [2.24, 2.45) is 0 Å². The van der Waals surface area contributed by atoms with Gasteiger partial charge in [0.15, 0.2) is 22.3 Å². The van der Waals surface area contributed by atoms with E-state index in [0.717, 1.165) is 5.56 Å². The van der Waals surface area contributed by atoms with Crippen molar-refractivity contribution in [1.82, 2.24) is 10.6 Å². The number of hydrogen-bond donors (Lipinski definition) is 4. The first kappa shape index (κ1) is 16.5. The lowest BCUT2D eigenvalue weighted by molar-refractivity contribution is -0.0147. The number of rotatable bonds is 1. The third kappa shape index (κ3) is 2.81. The van der Waals surface area contributed by atoms with Crippen molar-refractivity contribution in [2.75, 3.05) is 0 Å². The fourth-order valence-electron chi connectivity index (χ4n) is 3.91. The molecular formula is C18H20N2O3S2. The monoisotopic (exact) mass is 376 g/mol. The zero-order valence-corrected chi connectivity index (χ0v) is 15.6. The van der Waals surface area contributed by atoms with Gasteiger partial charge in [0.1, 0.15) is 0 Å². The predicted molar refractivity (Wildman–Crippen MR) is 101 cm³/mol. The second-order valence-corrected chi connectivity index (χ2v) is 8.75. The van der Waals surface area contributed by atoms with E-state index in [9.17, 15) is 10.2 Å². The van der Waals surface area contributed by atoms with Crippen molar-refractivity contribution in [3.05, 3.63) is 40.1 Å². The minimum Gasteiger partial charge on any atom is -0.504 e. The van der Waals surface area contributed by atoms with Gasteiger partial charge < -0.3 is 25.6 Å². The second-order valence-electron chi connectivity index (χ2n) is 7.36. The number of ether oxygens (including phenoxy) is 1. The summed E-state index contributed by atoms with van der Waals surface area (Å²) < 4.78 is 6.26. The summed E-state index contributed by atoms with van der Waals surface area (Å²) >= 11 is 7.07. The van der Waals surface area contributed by atoms with Gasteiger partial charge in [-0.25, -0.2) is 0 Å². The van der Waals surface area contributed by atoms with Gasteiger partial charge in [-0.2, -0.15) is 0 Å². The highest BCUT2D eigenvalue weighted by Crippen LogP contribution is 2.52. The van der Waals surface area contributed by atoms with Crippen LogP contribution in [0, 0.1) is 0 Å². The number of fused-ring (bicyclic) bond motifs is 1. The Kier molecular flexibility index (Phi) is 3.63. The molecule has 4 rings (SSSR count). The van der Waals surface area contributed by atoms with Crippen LogP contribution in [-0.4, -0.2) is 26.6 Å². The minimum absolute atomic E-state index is 0.0550. The van der Waals surface area contributed by atoms with Crippen LogP contribution in [-0.2, 0) is 0 Å². The van der Waals surface area contributed by atoms with Crippen molar-refractivity contribution in [3.63, 3.8) is 0 Å². The van der Waals surface area contributed by atoms with E-state index in [1.165, 1.54) is 10.9 Å². The SMILES string of the molecule is CC1(C)C[C@]2(C[C@H](c3cccs3)c3ccc(O)c(O)c3O2)NC(=S)N1. The standard InChI is InChI=1S/C18H20N2O3S2/c1-17(2)9-18(20-16(24)19-17)8-11(13-4-3-7-25-13)10-5-6-12(21)14(22)15(10)23-18/h3-7,11,21-22H,8-9H2,1-2H3,(H2,19,20,24)/t11-,18+/m0/s1. The van der Waals surface area contributed by atoms with Crippen LogP contribution in [0.25, 0.3) is 0 Å². The van der Waals surface area contributed by atoms with Crippen molar-refractivity contribution >= 4 is 28.7 Å². The van der Waals surface area contributed by atoms with Crippen molar-refractivity contribution in [2.45, 2.75) is 43.9 Å². The third-order valence-corrected chi connectivity index (χ3v) is 5.94. The lowest BCUT2D eigenvalue weighted by Crippen LogP contribution is -2.69. The molecule has 0 aliphatic carbocycles. The summed E-state index contributed by atoms with van der Waals surface area (Å²) in [5.74, 6) is -0.0178. The molecule has 0 unspecified atom stereocenters. The number of phenols is 2. The van der Waals surface area contributed by atoms with Gasteiger partial charge in [0.25, 0.3) is 0 Å². The average molecular weight is 377 g/mol. The molecule has 3 heterocycles. The Balaban J connectivity index is 1.85. The maximum absolute atomic E-state index is 10.4. The van der Waals surface area contributed by atoms with E-state index in [4.69, 9.17) is 17.0 Å². The van der Waals surface area contributed by atoms with E-state index in [1.807, 2.05) is 17.5 Å². The van der Waals surface area contributed by atoms with Gasteiger partial charge in [0, 0.05) is 34.7 Å². The van der Waals surface area contributed by atoms with Crippen molar-refractivity contribution in [3.8, 4) is 17.2 Å². The van der Waals surface area contributed by atoms with Gasteiger partial charge in [-0.15, -0.1) is 11.3 Å². The molecule has 25 heavy (non-hydrogen) atoms. The smallest absolute Gasteiger partial charge is 0.200 e. The quantitative estimate of drug-likeness (QED) is 0.452. The van der Waals surface area contributed by atoms with E-state index < -0.39 is 5.72 Å². The Bertz CT molecular complexity index is 835. The van der Waals surface area contributed by atoms with Crippen molar-refractivity contribution in [1.29, 1.82) is 0 Å². The molecule has 0 bridgehead atoms. The van der Waals surface area contributed by atoms with Gasteiger partial charge in [-0.05, 0) is 43.6 Å². The molecule has 2 atom stereocenters. The van der Waals surface area contributed by atoms with E-state index in [0.29, 0.717) is 23.7 Å². The van der Waals surface area contributed by atoms with Crippen molar-refractivity contribution < 1.29 is 14.9 Å². The van der Waals surface area contributed by atoms with Crippen LogP contribution in [0.3, 0.4) is 0 Å². The van der Waals surface area contributed by atoms with Gasteiger partial charge in [-0.3, -0.25) is 0 Å². The number of hydrogen-bond acceptors (Lipinski definition) is 5. The Morgan fingerprint density at radius 1 is 1.24 bits per heavy atom. The lowest BCUT2D eigenvalue weighted by Gasteiger charge is -2.50. The fraction of sp³-hybridized carbons (Fsp3) is 0.389. The van der Waals surface area contributed by atoms with Gasteiger partial charge in [0.05, 0.1) is 0 Å². The van der Waals surface area contributed by atoms with E-state index in [-0.39, 0.29) is 23.0 Å². The normalized spacial score (nSPS) is 27.1. The molecule has 7 heteroatoms. The van der Waals surface area contributed by atoms with E-state index >= 15 is 0 Å². The summed E-state index contributed by atoms with van der Waals surface area (Å²) in [5.41, 5.74) is -0.0992. The zero-order valence-electron chi connectivity index (χ0n) is 14.0. The van der Waals surface area contributed by atoms with E-state index in [1.54, 1.807) is 11.3 Å². The molecule has 0 saturated carbocycles. The molecule has 1 saturated heterocycles. The first-order valence-corrected chi connectivity index (χ1v) is 9.45. The summed E-state index contributed by atoms with van der Waals surface area (Å²) in [6, 6.07) is 7.45. The third-order valence-electron chi connectivity index (χ3n) is 4.75. The van der Waals surface area contributed by atoms with Crippen LogP contribution in [0.15, 0.2) is 29.6 Å². The molecule has 2 aromatic rings. The Labute approximate surface area is 155 Å². The number of thiocarbonyl (C=S) groups is 1. The summed E-state index contributed by atoms with van der Waals surface area (Å²) in [6.07, 6.45) is 1.35. The maximum Gasteiger partial charge on any atom is 0.200 e. The number of nitrogens with one attached hydrogen (secondary N) is 2. The Hall–Kier alpha value is -1.99.